The van der Waals surface area contributed by atoms with Crippen LogP contribution in [0.1, 0.15) is 18.9 Å². The van der Waals surface area contributed by atoms with Gasteiger partial charge >= 0.3 is 0 Å². The van der Waals surface area contributed by atoms with Gasteiger partial charge in [0.05, 0.1) is 12.2 Å². The first-order chi connectivity index (χ1) is 10.9. The van der Waals surface area contributed by atoms with Crippen molar-refractivity contribution in [2.75, 3.05) is 13.1 Å². The predicted octanol–water partition coefficient (Wildman–Crippen LogP) is 1.74. The molecule has 0 amide bonds. The first kappa shape index (κ1) is 15.6. The average Bonchev–Trinajstić information content (AvgIpc) is 3.26. The van der Waals surface area contributed by atoms with E-state index in [9.17, 15) is 0 Å². The summed E-state index contributed by atoms with van der Waals surface area (Å²) >= 11 is 0. The van der Waals surface area contributed by atoms with Gasteiger partial charge in [-0.15, -0.1) is 12.4 Å². The van der Waals surface area contributed by atoms with Gasteiger partial charge in [0.2, 0.25) is 5.82 Å². The molecule has 0 spiro atoms. The van der Waals surface area contributed by atoms with Gasteiger partial charge in [-0.05, 0) is 25.5 Å². The highest BCUT2D eigenvalue weighted by atomic mass is 35.5. The molecule has 4 rings (SSSR count). The van der Waals surface area contributed by atoms with E-state index >= 15 is 0 Å². The van der Waals surface area contributed by atoms with E-state index in [-0.39, 0.29) is 12.4 Å². The summed E-state index contributed by atoms with van der Waals surface area (Å²) in [4.78, 5) is 12.5. The summed E-state index contributed by atoms with van der Waals surface area (Å²) in [6, 6.07) is 2.27. The van der Waals surface area contributed by atoms with Gasteiger partial charge in [0, 0.05) is 25.1 Å². The van der Waals surface area contributed by atoms with Crippen LogP contribution in [0.4, 0.5) is 0 Å². The van der Waals surface area contributed by atoms with Crippen molar-refractivity contribution in [2.24, 2.45) is 0 Å². The van der Waals surface area contributed by atoms with E-state index in [4.69, 9.17) is 4.52 Å². The average molecular weight is 334 g/mol. The summed E-state index contributed by atoms with van der Waals surface area (Å²) in [5, 5.41) is 11.9. The van der Waals surface area contributed by atoms with Crippen LogP contribution in [-0.2, 0) is 0 Å². The molecule has 3 aromatic rings. The van der Waals surface area contributed by atoms with Crippen molar-refractivity contribution in [3.05, 3.63) is 30.9 Å². The van der Waals surface area contributed by atoms with Gasteiger partial charge in [-0.1, -0.05) is 5.16 Å². The number of piperidine rings is 1. The normalized spacial score (nSPS) is 17.7. The van der Waals surface area contributed by atoms with Crippen LogP contribution >= 0.6 is 12.4 Å². The van der Waals surface area contributed by atoms with Gasteiger partial charge in [0.15, 0.2) is 5.69 Å². The molecule has 120 valence electrons. The summed E-state index contributed by atoms with van der Waals surface area (Å²) in [5.41, 5.74) is 1.25. The van der Waals surface area contributed by atoms with Crippen molar-refractivity contribution in [1.82, 2.24) is 35.2 Å². The second-order valence-corrected chi connectivity index (χ2v) is 5.19. The van der Waals surface area contributed by atoms with Crippen molar-refractivity contribution >= 4 is 12.4 Å². The number of halogens is 1. The lowest BCUT2D eigenvalue weighted by Crippen LogP contribution is -2.31. The zero-order valence-corrected chi connectivity index (χ0v) is 13.1. The molecule has 9 heteroatoms. The number of nitrogens with one attached hydrogen (secondary N) is 1. The van der Waals surface area contributed by atoms with E-state index in [0.29, 0.717) is 29.1 Å². The van der Waals surface area contributed by atoms with Crippen molar-refractivity contribution in [1.29, 1.82) is 0 Å². The molecule has 1 unspecified atom stereocenters. The Hall–Kier alpha value is -2.32. The Morgan fingerprint density at radius 3 is 3.00 bits per heavy atom. The topological polar surface area (TPSA) is 94.6 Å². The van der Waals surface area contributed by atoms with Crippen molar-refractivity contribution < 1.29 is 4.52 Å². The molecule has 1 fully saturated rings. The predicted molar refractivity (Wildman–Crippen MR) is 84.9 cm³/mol. The van der Waals surface area contributed by atoms with Crippen LogP contribution in [0.25, 0.3) is 23.1 Å². The second-order valence-electron chi connectivity index (χ2n) is 5.19. The minimum atomic E-state index is 0. The summed E-state index contributed by atoms with van der Waals surface area (Å²) in [6.45, 7) is 2.02. The van der Waals surface area contributed by atoms with Crippen LogP contribution in [0.5, 0.6) is 0 Å². The van der Waals surface area contributed by atoms with Crippen molar-refractivity contribution in [3.8, 4) is 23.1 Å². The van der Waals surface area contributed by atoms with Crippen molar-refractivity contribution in [2.45, 2.75) is 18.9 Å². The van der Waals surface area contributed by atoms with Crippen LogP contribution < -0.4 is 5.32 Å². The molecule has 1 aliphatic rings. The molecule has 0 aromatic carbocycles. The smallest absolute Gasteiger partial charge is 0.278 e. The molecular formula is C14H16ClN7O. The summed E-state index contributed by atoms with van der Waals surface area (Å²) in [5.74, 6) is 0.806. The van der Waals surface area contributed by atoms with Crippen LogP contribution in [0.2, 0.25) is 0 Å². The molecule has 1 N–H and O–H groups in total. The first-order valence-electron chi connectivity index (χ1n) is 7.26. The van der Waals surface area contributed by atoms with Gasteiger partial charge in [-0.2, -0.15) is 10.1 Å². The Morgan fingerprint density at radius 2 is 2.22 bits per heavy atom. The highest BCUT2D eigenvalue weighted by Gasteiger charge is 2.18. The number of aromatic nitrogens is 6. The molecule has 4 heterocycles. The second kappa shape index (κ2) is 6.84. The van der Waals surface area contributed by atoms with E-state index in [1.165, 1.54) is 0 Å². The lowest BCUT2D eigenvalue weighted by Gasteiger charge is -2.22. The van der Waals surface area contributed by atoms with Crippen LogP contribution in [0.15, 0.2) is 35.4 Å². The quantitative estimate of drug-likeness (QED) is 0.780. The Morgan fingerprint density at radius 1 is 1.26 bits per heavy atom. The molecule has 1 atom stereocenters. The first-order valence-corrected chi connectivity index (χ1v) is 7.26. The third-order valence-corrected chi connectivity index (χ3v) is 3.69. The minimum Gasteiger partial charge on any atom is -0.332 e. The zero-order valence-electron chi connectivity index (χ0n) is 12.3. The molecule has 0 radical (unpaired) electrons. The maximum absolute atomic E-state index is 5.29. The Kier molecular flexibility index (Phi) is 4.63. The van der Waals surface area contributed by atoms with Crippen LogP contribution in [0.3, 0.4) is 0 Å². The standard InChI is InChI=1S/C14H15N7O.ClH/c1-2-10(8-15-4-1)21-7-3-11(19-21)14-18-13(20-22-14)12-9-16-5-6-17-12;/h3,5-7,9-10,15H,1-2,4,8H2;1H. The highest BCUT2D eigenvalue weighted by molar-refractivity contribution is 5.85. The Bertz CT molecular complexity index is 751. The number of nitrogens with zero attached hydrogens (tertiary/aromatic N) is 6. The largest absolute Gasteiger partial charge is 0.332 e. The monoisotopic (exact) mass is 333 g/mol. The molecular weight excluding hydrogens is 318 g/mol. The van der Waals surface area contributed by atoms with Crippen LogP contribution in [0, 0.1) is 0 Å². The molecule has 0 aliphatic carbocycles. The SMILES string of the molecule is Cl.c1cnc(-c2noc(-c3ccn(C4CCCNC4)n3)n2)cn1. The van der Waals surface area contributed by atoms with E-state index in [0.717, 1.165) is 25.9 Å². The fraction of sp³-hybridized carbons (Fsp3) is 0.357. The molecule has 0 bridgehead atoms. The minimum absolute atomic E-state index is 0. The molecule has 0 saturated carbocycles. The Balaban J connectivity index is 0.00000156. The fourth-order valence-corrected chi connectivity index (χ4v) is 2.56. The van der Waals surface area contributed by atoms with E-state index in [1.807, 2.05) is 16.9 Å². The number of hydrogen-bond acceptors (Lipinski definition) is 7. The zero-order chi connectivity index (χ0) is 14.8. The lowest BCUT2D eigenvalue weighted by atomic mass is 10.1. The number of hydrogen-bond donors (Lipinski definition) is 1. The van der Waals surface area contributed by atoms with Gasteiger partial charge in [0.25, 0.3) is 5.89 Å². The summed E-state index contributed by atoms with van der Waals surface area (Å²) < 4.78 is 7.25. The maximum Gasteiger partial charge on any atom is 0.278 e. The molecule has 1 saturated heterocycles. The van der Waals surface area contributed by atoms with Gasteiger partial charge in [-0.25, -0.2) is 4.98 Å². The fourth-order valence-electron chi connectivity index (χ4n) is 2.56. The molecule has 1 aliphatic heterocycles. The third-order valence-electron chi connectivity index (χ3n) is 3.69. The van der Waals surface area contributed by atoms with Gasteiger partial charge < -0.3 is 9.84 Å². The summed E-state index contributed by atoms with van der Waals surface area (Å²) in [6.07, 6.45) is 9.04. The molecule has 8 nitrogen and oxygen atoms in total. The molecule has 3 aromatic heterocycles. The van der Waals surface area contributed by atoms with E-state index < -0.39 is 0 Å². The third kappa shape index (κ3) is 3.22. The van der Waals surface area contributed by atoms with Gasteiger partial charge in [0.1, 0.15) is 5.69 Å². The molecule has 23 heavy (non-hydrogen) atoms. The van der Waals surface area contributed by atoms with E-state index in [2.05, 4.69) is 30.5 Å². The van der Waals surface area contributed by atoms with E-state index in [1.54, 1.807) is 18.6 Å². The Labute approximate surface area is 138 Å². The van der Waals surface area contributed by atoms with Crippen molar-refractivity contribution in [3.63, 3.8) is 0 Å². The van der Waals surface area contributed by atoms with Crippen LogP contribution in [-0.4, -0.2) is 43.0 Å². The lowest BCUT2D eigenvalue weighted by molar-refractivity contribution is 0.346. The summed E-state index contributed by atoms with van der Waals surface area (Å²) in [7, 11) is 0. The highest BCUT2D eigenvalue weighted by Crippen LogP contribution is 2.21. The van der Waals surface area contributed by atoms with Gasteiger partial charge in [-0.3, -0.25) is 9.67 Å². The number of rotatable bonds is 3. The maximum atomic E-state index is 5.29.